The van der Waals surface area contributed by atoms with Crippen LogP contribution in [0.1, 0.15) is 35.1 Å². The first-order valence-corrected chi connectivity index (χ1v) is 12.6. The number of nitrogens with zero attached hydrogens (tertiary/aromatic N) is 4. The molecule has 8 nitrogen and oxygen atoms in total. The van der Waals surface area contributed by atoms with Gasteiger partial charge in [-0.25, -0.2) is 13.4 Å². The van der Waals surface area contributed by atoms with Crippen molar-refractivity contribution in [3.63, 3.8) is 0 Å². The zero-order chi connectivity index (χ0) is 21.2. The van der Waals surface area contributed by atoms with Crippen LogP contribution in [0, 0.1) is 0 Å². The topological polar surface area (TPSA) is 98.7 Å². The number of nitrogens with one attached hydrogen (secondary N) is 1. The summed E-state index contributed by atoms with van der Waals surface area (Å²) in [5.74, 6) is 0.787. The normalized spacial score (nSPS) is 21.8. The molecule has 1 aromatic heterocycles. The van der Waals surface area contributed by atoms with Crippen molar-refractivity contribution in [2.75, 3.05) is 23.7 Å². The molecule has 1 unspecified atom stereocenters. The lowest BCUT2D eigenvalue weighted by Crippen LogP contribution is -2.35. The third-order valence-electron chi connectivity index (χ3n) is 5.96. The molecule has 1 saturated heterocycles. The number of sulfonamides is 1. The number of likely N-dealkylation sites (tertiary alicyclic amines) is 1. The van der Waals surface area contributed by atoms with Crippen molar-refractivity contribution in [3.05, 3.63) is 53.9 Å². The Morgan fingerprint density at radius 3 is 2.90 bits per heavy atom. The van der Waals surface area contributed by atoms with Crippen molar-refractivity contribution in [3.8, 4) is 0 Å². The van der Waals surface area contributed by atoms with Gasteiger partial charge in [-0.05, 0) is 54.9 Å². The smallest absolute Gasteiger partial charge is 0.257 e. The second kappa shape index (κ2) is 6.83. The Labute approximate surface area is 183 Å². The van der Waals surface area contributed by atoms with Crippen LogP contribution in [-0.4, -0.2) is 53.2 Å². The first-order valence-electron chi connectivity index (χ1n) is 10.2. The Balaban J connectivity index is 1.30. The molecule has 3 aromatic rings. The minimum Gasteiger partial charge on any atom is -0.340 e. The highest BCUT2D eigenvalue weighted by Gasteiger charge is 2.36. The average molecular weight is 454 g/mol. The maximum absolute atomic E-state index is 13.4. The lowest BCUT2D eigenvalue weighted by molar-refractivity contribution is 0.0730. The van der Waals surface area contributed by atoms with Crippen LogP contribution in [-0.2, 0) is 10.0 Å². The van der Waals surface area contributed by atoms with E-state index < -0.39 is 10.0 Å². The summed E-state index contributed by atoms with van der Waals surface area (Å²) in [6, 6.07) is 13.4. The number of anilines is 1. The minimum absolute atomic E-state index is 0.00411. The van der Waals surface area contributed by atoms with Crippen molar-refractivity contribution in [2.45, 2.75) is 23.8 Å². The van der Waals surface area contributed by atoms with Crippen molar-refractivity contribution in [1.29, 1.82) is 0 Å². The molecule has 10 heteroatoms. The molecule has 1 N–H and O–H groups in total. The summed E-state index contributed by atoms with van der Waals surface area (Å²) in [5.41, 5.74) is 3.37. The lowest BCUT2D eigenvalue weighted by atomic mass is 10.1. The van der Waals surface area contributed by atoms with Crippen molar-refractivity contribution < 1.29 is 13.2 Å². The van der Waals surface area contributed by atoms with Crippen LogP contribution in [0.3, 0.4) is 0 Å². The van der Waals surface area contributed by atoms with Crippen LogP contribution in [0.5, 0.6) is 0 Å². The molecule has 0 bridgehead atoms. The van der Waals surface area contributed by atoms with Gasteiger partial charge >= 0.3 is 0 Å². The van der Waals surface area contributed by atoms with Gasteiger partial charge in [0.25, 0.3) is 15.9 Å². The molecule has 1 amide bonds. The minimum atomic E-state index is -3.40. The molecule has 1 fully saturated rings. The summed E-state index contributed by atoms with van der Waals surface area (Å²) in [6.45, 7) is 1.07. The van der Waals surface area contributed by atoms with E-state index in [1.165, 1.54) is 11.8 Å². The summed E-state index contributed by atoms with van der Waals surface area (Å²) in [6.07, 6.45) is 1.79. The standard InChI is InChI=1S/C21H19N5O3S2/c27-20(25-9-3-6-17(25)19-22-14-4-1-2-5-15(14)23-19)13-7-8-16-18(12-13)30-21-24-31(28,29)11-10-26(16)21/h1-2,4-5,7-8,12,17H,3,6,9-11H2,(H,22,23). The lowest BCUT2D eigenvalue weighted by Gasteiger charge is -2.24. The zero-order valence-electron chi connectivity index (χ0n) is 16.5. The number of para-hydroxylation sites is 2. The van der Waals surface area contributed by atoms with Crippen molar-refractivity contribution in [2.24, 2.45) is 4.40 Å². The second-order valence-corrected chi connectivity index (χ2v) is 10.7. The molecule has 158 valence electrons. The fourth-order valence-corrected chi connectivity index (χ4v) is 6.75. The van der Waals surface area contributed by atoms with Gasteiger partial charge < -0.3 is 14.8 Å². The van der Waals surface area contributed by atoms with Gasteiger partial charge in [-0.3, -0.25) is 4.79 Å². The van der Waals surface area contributed by atoms with E-state index in [0.29, 0.717) is 23.8 Å². The number of aromatic amines is 1. The predicted octanol–water partition coefficient (Wildman–Crippen LogP) is 3.15. The number of hydrogen-bond acceptors (Lipinski definition) is 6. The molecule has 0 saturated carbocycles. The van der Waals surface area contributed by atoms with E-state index in [2.05, 4.69) is 9.38 Å². The van der Waals surface area contributed by atoms with Crippen LogP contribution in [0.25, 0.3) is 11.0 Å². The van der Waals surface area contributed by atoms with E-state index in [-0.39, 0.29) is 17.7 Å². The number of carbonyl (C=O) groups excluding carboxylic acids is 1. The van der Waals surface area contributed by atoms with Crippen LogP contribution < -0.4 is 4.90 Å². The molecule has 0 radical (unpaired) electrons. The van der Waals surface area contributed by atoms with E-state index in [1.807, 2.05) is 52.3 Å². The van der Waals surface area contributed by atoms with Crippen molar-refractivity contribution >= 4 is 49.6 Å². The van der Waals surface area contributed by atoms with E-state index in [9.17, 15) is 13.2 Å². The SMILES string of the molecule is O=C(c1ccc2c(c1)SC1=NS(=O)(=O)CCN12)N1CCCC1c1nc2ccccc2[nH]1. The fourth-order valence-electron chi connectivity index (χ4n) is 4.45. The van der Waals surface area contributed by atoms with E-state index >= 15 is 0 Å². The molecular formula is C21H19N5O3S2. The number of hydrogen-bond donors (Lipinski definition) is 1. The number of carbonyl (C=O) groups is 1. The summed E-state index contributed by atoms with van der Waals surface area (Å²) >= 11 is 1.30. The van der Waals surface area contributed by atoms with Gasteiger partial charge in [-0.15, -0.1) is 4.40 Å². The Bertz CT molecular complexity index is 1330. The van der Waals surface area contributed by atoms with Crippen molar-refractivity contribution in [1.82, 2.24) is 14.9 Å². The molecule has 6 rings (SSSR count). The van der Waals surface area contributed by atoms with Crippen LogP contribution in [0.15, 0.2) is 51.8 Å². The Hall–Kier alpha value is -2.85. The van der Waals surface area contributed by atoms with Gasteiger partial charge in [0, 0.05) is 23.5 Å². The molecule has 1 atom stereocenters. The number of amidine groups is 1. The summed E-state index contributed by atoms with van der Waals surface area (Å²) in [7, 11) is -3.40. The molecular weight excluding hydrogens is 434 g/mol. The third kappa shape index (κ3) is 3.12. The van der Waals surface area contributed by atoms with Gasteiger partial charge in [0.05, 0.1) is 28.5 Å². The Kier molecular flexibility index (Phi) is 4.16. The number of fused-ring (bicyclic) bond motifs is 4. The highest BCUT2D eigenvalue weighted by atomic mass is 32.2. The number of H-pyrrole nitrogens is 1. The summed E-state index contributed by atoms with van der Waals surface area (Å²) in [5, 5.41) is 0.465. The van der Waals surface area contributed by atoms with Gasteiger partial charge in [0.1, 0.15) is 5.82 Å². The van der Waals surface area contributed by atoms with Gasteiger partial charge in [-0.2, -0.15) is 0 Å². The van der Waals surface area contributed by atoms with E-state index in [0.717, 1.165) is 40.3 Å². The first kappa shape index (κ1) is 18.9. The predicted molar refractivity (Wildman–Crippen MR) is 120 cm³/mol. The number of benzene rings is 2. The quantitative estimate of drug-likeness (QED) is 0.640. The molecule has 3 aliphatic rings. The van der Waals surface area contributed by atoms with Gasteiger partial charge in [-0.1, -0.05) is 12.1 Å². The second-order valence-electron chi connectivity index (χ2n) is 7.89. The fraction of sp³-hybridized carbons (Fsp3) is 0.286. The number of imidazole rings is 1. The third-order valence-corrected chi connectivity index (χ3v) is 8.26. The number of thioether (sulfide) groups is 1. The highest BCUT2D eigenvalue weighted by Crippen LogP contribution is 2.43. The Morgan fingerprint density at radius 1 is 1.16 bits per heavy atom. The molecule has 0 aliphatic carbocycles. The van der Waals surface area contributed by atoms with Gasteiger partial charge in [0.2, 0.25) is 0 Å². The van der Waals surface area contributed by atoms with Gasteiger partial charge in [0.15, 0.2) is 5.17 Å². The van der Waals surface area contributed by atoms with Crippen LogP contribution >= 0.6 is 11.8 Å². The average Bonchev–Trinajstić information content (AvgIpc) is 3.47. The maximum atomic E-state index is 13.4. The monoisotopic (exact) mass is 453 g/mol. The highest BCUT2D eigenvalue weighted by molar-refractivity contribution is 8.15. The first-order chi connectivity index (χ1) is 15.0. The molecule has 4 heterocycles. The van der Waals surface area contributed by atoms with E-state index in [4.69, 9.17) is 4.98 Å². The molecule has 3 aliphatic heterocycles. The summed E-state index contributed by atoms with van der Waals surface area (Å²) in [4.78, 5) is 26.1. The number of rotatable bonds is 2. The Morgan fingerprint density at radius 2 is 2.03 bits per heavy atom. The molecule has 2 aromatic carbocycles. The number of aromatic nitrogens is 2. The molecule has 0 spiro atoms. The molecule has 31 heavy (non-hydrogen) atoms. The largest absolute Gasteiger partial charge is 0.340 e. The van der Waals surface area contributed by atoms with E-state index in [1.54, 1.807) is 0 Å². The zero-order valence-corrected chi connectivity index (χ0v) is 18.1. The number of amides is 1. The van der Waals surface area contributed by atoms with Crippen LogP contribution in [0.4, 0.5) is 5.69 Å². The van der Waals surface area contributed by atoms with Crippen LogP contribution in [0.2, 0.25) is 0 Å². The summed E-state index contributed by atoms with van der Waals surface area (Å²) < 4.78 is 27.5. The maximum Gasteiger partial charge on any atom is 0.257 e.